The standard InChI is InChI=1S/C15H20N4O3/c1-10(9-22-3)16-15(21)19(2)8-13-17-12-7-5-4-6-11(12)14(20)18-13/h4-7,10H,8-9H2,1-3H3,(H,16,21)(H,17,18,20)/t10-/m1/s1. The summed E-state index contributed by atoms with van der Waals surface area (Å²) in [6, 6.07) is 6.75. The molecule has 0 aliphatic carbocycles. The van der Waals surface area contributed by atoms with Crippen molar-refractivity contribution in [2.24, 2.45) is 0 Å². The van der Waals surface area contributed by atoms with E-state index < -0.39 is 0 Å². The molecule has 2 N–H and O–H groups in total. The lowest BCUT2D eigenvalue weighted by atomic mass is 10.2. The first-order chi connectivity index (χ1) is 10.5. The fraction of sp³-hybridized carbons (Fsp3) is 0.400. The van der Waals surface area contributed by atoms with Gasteiger partial charge in [-0.1, -0.05) is 12.1 Å². The van der Waals surface area contributed by atoms with Crippen molar-refractivity contribution in [1.82, 2.24) is 20.2 Å². The normalized spacial score (nSPS) is 12.1. The van der Waals surface area contributed by atoms with E-state index in [9.17, 15) is 9.59 Å². The number of carbonyl (C=O) groups excluding carboxylic acids is 1. The SMILES string of the molecule is COC[C@@H](C)NC(=O)N(C)Cc1nc2ccccc2c(=O)[nH]1. The second kappa shape index (κ2) is 7.04. The number of ether oxygens (including phenoxy) is 1. The lowest BCUT2D eigenvalue weighted by molar-refractivity contribution is 0.162. The Morgan fingerprint density at radius 3 is 2.91 bits per heavy atom. The van der Waals surface area contributed by atoms with Crippen molar-refractivity contribution < 1.29 is 9.53 Å². The van der Waals surface area contributed by atoms with Gasteiger partial charge in [0.1, 0.15) is 5.82 Å². The summed E-state index contributed by atoms with van der Waals surface area (Å²) in [5.74, 6) is 0.445. The first-order valence-electron chi connectivity index (χ1n) is 6.99. The van der Waals surface area contributed by atoms with E-state index in [1.165, 1.54) is 4.90 Å². The molecule has 0 bridgehead atoms. The molecule has 0 saturated carbocycles. The van der Waals surface area contributed by atoms with Crippen LogP contribution in [0.2, 0.25) is 0 Å². The Labute approximate surface area is 128 Å². The van der Waals surface area contributed by atoms with Gasteiger partial charge in [-0.3, -0.25) is 4.79 Å². The van der Waals surface area contributed by atoms with Crippen LogP contribution in [0.4, 0.5) is 4.79 Å². The molecule has 0 aliphatic heterocycles. The molecule has 0 radical (unpaired) electrons. The highest BCUT2D eigenvalue weighted by molar-refractivity contribution is 5.77. The molecule has 0 aliphatic rings. The van der Waals surface area contributed by atoms with Crippen LogP contribution in [0, 0.1) is 0 Å². The minimum absolute atomic E-state index is 0.0939. The molecule has 0 fully saturated rings. The van der Waals surface area contributed by atoms with Gasteiger partial charge in [0.25, 0.3) is 5.56 Å². The highest BCUT2D eigenvalue weighted by Crippen LogP contribution is 2.06. The van der Waals surface area contributed by atoms with Crippen LogP contribution in [-0.2, 0) is 11.3 Å². The summed E-state index contributed by atoms with van der Waals surface area (Å²) >= 11 is 0. The zero-order chi connectivity index (χ0) is 16.1. The summed E-state index contributed by atoms with van der Waals surface area (Å²) in [6.45, 7) is 2.50. The van der Waals surface area contributed by atoms with E-state index in [0.29, 0.717) is 23.3 Å². The molecular formula is C15H20N4O3. The Bertz CT molecular complexity index is 713. The third kappa shape index (κ3) is 3.82. The number of H-pyrrole nitrogens is 1. The maximum atomic E-state index is 12.0. The van der Waals surface area contributed by atoms with E-state index in [1.54, 1.807) is 32.4 Å². The molecule has 2 rings (SSSR count). The number of benzene rings is 1. The Balaban J connectivity index is 2.10. The maximum Gasteiger partial charge on any atom is 0.317 e. The first-order valence-corrected chi connectivity index (χ1v) is 6.99. The van der Waals surface area contributed by atoms with Gasteiger partial charge >= 0.3 is 6.03 Å². The number of nitrogens with zero attached hydrogens (tertiary/aromatic N) is 2. The fourth-order valence-corrected chi connectivity index (χ4v) is 2.12. The smallest absolute Gasteiger partial charge is 0.317 e. The lowest BCUT2D eigenvalue weighted by Crippen LogP contribution is -2.43. The summed E-state index contributed by atoms with van der Waals surface area (Å²) in [7, 11) is 3.22. The average Bonchev–Trinajstić information content (AvgIpc) is 2.47. The number of aromatic amines is 1. The molecule has 1 aromatic heterocycles. The molecule has 0 spiro atoms. The largest absolute Gasteiger partial charge is 0.383 e. The quantitative estimate of drug-likeness (QED) is 0.866. The van der Waals surface area contributed by atoms with Crippen molar-refractivity contribution in [3.63, 3.8) is 0 Å². The van der Waals surface area contributed by atoms with Crippen LogP contribution < -0.4 is 10.9 Å². The van der Waals surface area contributed by atoms with Crippen molar-refractivity contribution in [3.05, 3.63) is 40.4 Å². The highest BCUT2D eigenvalue weighted by Gasteiger charge is 2.13. The second-order valence-electron chi connectivity index (χ2n) is 5.19. The second-order valence-corrected chi connectivity index (χ2v) is 5.19. The first kappa shape index (κ1) is 16.0. The monoisotopic (exact) mass is 304 g/mol. The molecule has 2 amide bonds. The van der Waals surface area contributed by atoms with Gasteiger partial charge in [0.2, 0.25) is 0 Å². The molecular weight excluding hydrogens is 284 g/mol. The van der Waals surface area contributed by atoms with E-state index in [1.807, 2.05) is 13.0 Å². The highest BCUT2D eigenvalue weighted by atomic mass is 16.5. The molecule has 7 heteroatoms. The number of hydrogen-bond acceptors (Lipinski definition) is 4. The van der Waals surface area contributed by atoms with Gasteiger partial charge in [0.15, 0.2) is 0 Å². The number of aromatic nitrogens is 2. The summed E-state index contributed by atoms with van der Waals surface area (Å²) in [6.07, 6.45) is 0. The van der Waals surface area contributed by atoms with E-state index in [4.69, 9.17) is 4.74 Å². The van der Waals surface area contributed by atoms with Gasteiger partial charge in [-0.25, -0.2) is 9.78 Å². The summed E-state index contributed by atoms with van der Waals surface area (Å²) in [4.78, 5) is 32.5. The van der Waals surface area contributed by atoms with Crippen LogP contribution in [0.1, 0.15) is 12.7 Å². The van der Waals surface area contributed by atoms with Crippen LogP contribution in [0.3, 0.4) is 0 Å². The zero-order valence-corrected chi connectivity index (χ0v) is 12.9. The van der Waals surface area contributed by atoms with Gasteiger partial charge in [0, 0.05) is 14.2 Å². The van der Waals surface area contributed by atoms with Gasteiger partial charge in [-0.15, -0.1) is 0 Å². The van der Waals surface area contributed by atoms with E-state index in [-0.39, 0.29) is 24.2 Å². The predicted octanol–water partition coefficient (Wildman–Crippen LogP) is 1.10. The average molecular weight is 304 g/mol. The lowest BCUT2D eigenvalue weighted by Gasteiger charge is -2.20. The van der Waals surface area contributed by atoms with Crippen LogP contribution in [0.15, 0.2) is 29.1 Å². The van der Waals surface area contributed by atoms with Gasteiger partial charge < -0.3 is 19.9 Å². The van der Waals surface area contributed by atoms with Crippen molar-refractivity contribution >= 4 is 16.9 Å². The number of fused-ring (bicyclic) bond motifs is 1. The molecule has 0 saturated heterocycles. The number of nitrogens with one attached hydrogen (secondary N) is 2. The number of amides is 2. The maximum absolute atomic E-state index is 12.0. The Kier molecular flexibility index (Phi) is 5.11. The van der Waals surface area contributed by atoms with Crippen LogP contribution in [0.25, 0.3) is 10.9 Å². The summed E-state index contributed by atoms with van der Waals surface area (Å²) in [5.41, 5.74) is 0.407. The molecule has 118 valence electrons. The third-order valence-electron chi connectivity index (χ3n) is 3.18. The molecule has 0 unspecified atom stereocenters. The van der Waals surface area contributed by atoms with Crippen molar-refractivity contribution in [3.8, 4) is 0 Å². The number of urea groups is 1. The molecule has 2 aromatic rings. The van der Waals surface area contributed by atoms with E-state index in [2.05, 4.69) is 15.3 Å². The zero-order valence-electron chi connectivity index (χ0n) is 12.9. The number of para-hydroxylation sites is 1. The number of rotatable bonds is 5. The van der Waals surface area contributed by atoms with Gasteiger partial charge in [-0.2, -0.15) is 0 Å². The predicted molar refractivity (Wildman–Crippen MR) is 83.7 cm³/mol. The summed E-state index contributed by atoms with van der Waals surface area (Å²) in [5, 5.41) is 3.33. The fourth-order valence-electron chi connectivity index (χ4n) is 2.12. The topological polar surface area (TPSA) is 87.3 Å². The van der Waals surface area contributed by atoms with E-state index >= 15 is 0 Å². The van der Waals surface area contributed by atoms with Gasteiger partial charge in [-0.05, 0) is 19.1 Å². The molecule has 7 nitrogen and oxygen atoms in total. The number of hydrogen-bond donors (Lipinski definition) is 2. The van der Waals surface area contributed by atoms with Crippen LogP contribution >= 0.6 is 0 Å². The summed E-state index contributed by atoms with van der Waals surface area (Å²) < 4.78 is 4.97. The Hall–Kier alpha value is -2.41. The Morgan fingerprint density at radius 1 is 1.45 bits per heavy atom. The molecule has 1 heterocycles. The number of carbonyl (C=O) groups is 1. The van der Waals surface area contributed by atoms with Gasteiger partial charge in [0.05, 0.1) is 30.1 Å². The Morgan fingerprint density at radius 2 is 2.18 bits per heavy atom. The molecule has 1 atom stereocenters. The van der Waals surface area contributed by atoms with Crippen molar-refractivity contribution in [2.45, 2.75) is 19.5 Å². The van der Waals surface area contributed by atoms with Crippen molar-refractivity contribution in [1.29, 1.82) is 0 Å². The van der Waals surface area contributed by atoms with Crippen LogP contribution in [-0.4, -0.2) is 47.7 Å². The minimum atomic E-state index is -0.250. The molecule has 1 aromatic carbocycles. The van der Waals surface area contributed by atoms with E-state index in [0.717, 1.165) is 0 Å². The number of methoxy groups -OCH3 is 1. The minimum Gasteiger partial charge on any atom is -0.383 e. The molecule has 22 heavy (non-hydrogen) atoms. The van der Waals surface area contributed by atoms with Crippen molar-refractivity contribution in [2.75, 3.05) is 20.8 Å². The van der Waals surface area contributed by atoms with Crippen LogP contribution in [0.5, 0.6) is 0 Å². The third-order valence-corrected chi connectivity index (χ3v) is 3.18.